The van der Waals surface area contributed by atoms with Gasteiger partial charge >= 0.3 is 31.0 Å². The fraction of sp³-hybridized carbons (Fsp3) is 1.00. The minimum atomic E-state index is -4.54. The maximum atomic E-state index is 9.81. The van der Waals surface area contributed by atoms with Crippen LogP contribution in [0, 0.1) is 0 Å². The normalized spacial score (nSPS) is 15.5. The van der Waals surface area contributed by atoms with Crippen molar-refractivity contribution in [2.24, 2.45) is 5.73 Å². The van der Waals surface area contributed by atoms with E-state index in [1.807, 2.05) is 0 Å². The third-order valence-electron chi connectivity index (χ3n) is 0.348. The molecule has 58 valence electrons. The van der Waals surface area contributed by atoms with E-state index < -0.39 is 7.82 Å². The standard InChI is InChI=1S/C2H8NO4PS.Na.H/c3-1-2-9-7-8(4,5)6;;/h1-3H2,(H2,4,5,6);;/q;+1;-1. The van der Waals surface area contributed by atoms with Crippen molar-refractivity contribution >= 4 is 19.9 Å². The molecule has 10 heavy (non-hydrogen) atoms. The summed E-state index contributed by atoms with van der Waals surface area (Å²) in [5.74, 6) is 0.340. The summed E-state index contributed by atoms with van der Waals surface area (Å²) in [5.41, 5.74) is 4.98. The molecular weight excluding hydrogens is 188 g/mol. The molecular formula is C2H9NNaO4PS. The molecule has 5 nitrogen and oxygen atoms in total. The van der Waals surface area contributed by atoms with Gasteiger partial charge in [0.2, 0.25) is 0 Å². The molecule has 0 aromatic heterocycles. The van der Waals surface area contributed by atoms with Crippen molar-refractivity contribution in [3.8, 4) is 0 Å². The number of nitrogens with two attached hydrogens (primary N) is 1. The molecule has 0 aromatic rings. The summed E-state index contributed by atoms with van der Waals surface area (Å²) in [7, 11) is -4.54. The average molecular weight is 197 g/mol. The Balaban J connectivity index is -0.000000107. The Bertz CT molecular complexity index is 126. The molecule has 1 atom stereocenters. The second-order valence-electron chi connectivity index (χ2n) is 1.15. The molecule has 1 unspecified atom stereocenters. The molecule has 0 radical (unpaired) electrons. The van der Waals surface area contributed by atoms with E-state index in [1.54, 1.807) is 0 Å². The molecule has 0 bridgehead atoms. The first-order valence-corrected chi connectivity index (χ1v) is 4.52. The molecule has 0 aromatic carbocycles. The maximum absolute atomic E-state index is 9.81. The minimum absolute atomic E-state index is 0. The first-order valence-electron chi connectivity index (χ1n) is 2.11. The van der Waals surface area contributed by atoms with Crippen molar-refractivity contribution in [3.63, 3.8) is 0 Å². The molecule has 0 aliphatic heterocycles. The smallest absolute Gasteiger partial charge is 1.00 e. The molecule has 0 rings (SSSR count). The van der Waals surface area contributed by atoms with E-state index in [2.05, 4.69) is 3.97 Å². The van der Waals surface area contributed by atoms with E-state index in [0.29, 0.717) is 24.3 Å². The topological polar surface area (TPSA) is 95.6 Å². The third kappa shape index (κ3) is 12.1. The average Bonchev–Trinajstić information content (AvgIpc) is 1.63. The predicted molar refractivity (Wildman–Crippen MR) is 34.6 cm³/mol. The zero-order chi connectivity index (χ0) is 7.33. The second-order valence-corrected chi connectivity index (χ2v) is 3.33. The van der Waals surface area contributed by atoms with Crippen LogP contribution >= 0.6 is 19.9 Å². The van der Waals surface area contributed by atoms with Gasteiger partial charge < -0.3 is 16.9 Å². The second kappa shape index (κ2) is 7.09. The Morgan fingerprint density at radius 2 is 2.50 bits per heavy atom. The Morgan fingerprint density at radius 1 is 2.00 bits per heavy atom. The summed E-state index contributed by atoms with van der Waals surface area (Å²) in [6.07, 6.45) is 0. The van der Waals surface area contributed by atoms with E-state index in [0.717, 1.165) is 0 Å². The van der Waals surface area contributed by atoms with Gasteiger partial charge in [-0.15, -0.1) is 0 Å². The number of phosphoric acid groups is 1. The van der Waals surface area contributed by atoms with Crippen molar-refractivity contribution < 1.29 is 50.7 Å². The van der Waals surface area contributed by atoms with Crippen LogP contribution in [0.2, 0.25) is 0 Å². The van der Waals surface area contributed by atoms with Gasteiger partial charge in [0, 0.05) is 24.3 Å². The van der Waals surface area contributed by atoms with Crippen LogP contribution in [0.3, 0.4) is 0 Å². The largest absolute Gasteiger partial charge is 1.00 e. The zero-order valence-corrected chi connectivity index (χ0v) is 9.23. The monoisotopic (exact) mass is 197 g/mol. The van der Waals surface area contributed by atoms with Crippen LogP contribution in [0.4, 0.5) is 0 Å². The SMILES string of the molecule is NCCSOP(=O)([O-])O.[H+].[H-].[Na+]. The Labute approximate surface area is 88.4 Å². The van der Waals surface area contributed by atoms with Crippen molar-refractivity contribution in [3.05, 3.63) is 0 Å². The minimum Gasteiger partial charge on any atom is -1.00 e. The fourth-order valence-electron chi connectivity index (χ4n) is 0.152. The van der Waals surface area contributed by atoms with Gasteiger partial charge in [0.1, 0.15) is 0 Å². The van der Waals surface area contributed by atoms with Gasteiger partial charge in [-0.3, -0.25) is 4.57 Å². The summed E-state index contributed by atoms with van der Waals surface area (Å²) in [5, 5.41) is 0. The fourth-order valence-corrected chi connectivity index (χ4v) is 1.08. The summed E-state index contributed by atoms with van der Waals surface area (Å²) in [4.78, 5) is 17.8. The summed E-state index contributed by atoms with van der Waals surface area (Å²) in [6.45, 7) is 0.310. The van der Waals surface area contributed by atoms with E-state index in [1.165, 1.54) is 0 Å². The number of hydrogen-bond donors (Lipinski definition) is 2. The van der Waals surface area contributed by atoms with Crippen molar-refractivity contribution in [2.75, 3.05) is 12.3 Å². The van der Waals surface area contributed by atoms with Crippen LogP contribution in [0.1, 0.15) is 2.85 Å². The first-order chi connectivity index (χ1) is 4.06. The summed E-state index contributed by atoms with van der Waals surface area (Å²) >= 11 is 0.610. The van der Waals surface area contributed by atoms with Crippen LogP contribution in [0.5, 0.6) is 0 Å². The molecule has 0 spiro atoms. The summed E-state index contributed by atoms with van der Waals surface area (Å²) < 4.78 is 13.7. The molecule has 3 N–H and O–H groups in total. The quantitative estimate of drug-likeness (QED) is 0.208. The van der Waals surface area contributed by atoms with Gasteiger partial charge in [-0.25, -0.2) is 3.97 Å². The molecule has 8 heteroatoms. The van der Waals surface area contributed by atoms with Gasteiger partial charge in [0.15, 0.2) is 0 Å². The van der Waals surface area contributed by atoms with Crippen LogP contribution in [0.25, 0.3) is 0 Å². The van der Waals surface area contributed by atoms with E-state index in [4.69, 9.17) is 10.6 Å². The Kier molecular flexibility index (Phi) is 9.91. The molecule has 0 heterocycles. The molecule has 0 fully saturated rings. The molecule has 0 saturated carbocycles. The number of rotatable bonds is 4. The Morgan fingerprint density at radius 3 is 2.80 bits per heavy atom. The van der Waals surface area contributed by atoms with Crippen molar-refractivity contribution in [2.45, 2.75) is 0 Å². The van der Waals surface area contributed by atoms with Crippen molar-refractivity contribution in [1.82, 2.24) is 0 Å². The van der Waals surface area contributed by atoms with Crippen molar-refractivity contribution in [1.29, 1.82) is 0 Å². The third-order valence-corrected chi connectivity index (χ3v) is 1.93. The molecule has 0 saturated heterocycles. The van der Waals surface area contributed by atoms with Crippen LogP contribution in [-0.4, -0.2) is 17.2 Å². The van der Waals surface area contributed by atoms with Gasteiger partial charge in [-0.05, 0) is 0 Å². The molecule has 0 amide bonds. The zero-order valence-electron chi connectivity index (χ0n) is 7.52. The van der Waals surface area contributed by atoms with Gasteiger partial charge in [-0.2, -0.15) is 0 Å². The van der Waals surface area contributed by atoms with Crippen LogP contribution < -0.4 is 40.2 Å². The van der Waals surface area contributed by atoms with Gasteiger partial charge in [0.05, 0.1) is 0 Å². The molecule has 0 aliphatic rings. The Hall–Kier alpha value is 1.42. The summed E-state index contributed by atoms with van der Waals surface area (Å²) in [6, 6.07) is 0. The van der Waals surface area contributed by atoms with E-state index in [-0.39, 0.29) is 32.4 Å². The van der Waals surface area contributed by atoms with Crippen LogP contribution in [-0.2, 0) is 8.54 Å². The predicted octanol–water partition coefficient (Wildman–Crippen LogP) is -3.70. The van der Waals surface area contributed by atoms with Crippen LogP contribution in [0.15, 0.2) is 0 Å². The van der Waals surface area contributed by atoms with E-state index in [9.17, 15) is 9.46 Å². The maximum Gasteiger partial charge on any atom is 1.00 e. The first kappa shape index (κ1) is 14.0. The van der Waals surface area contributed by atoms with Gasteiger partial charge in [-0.1, -0.05) is 0 Å². The number of hydrogen-bond acceptors (Lipinski definition) is 5. The van der Waals surface area contributed by atoms with E-state index >= 15 is 0 Å². The molecule has 0 aliphatic carbocycles. The van der Waals surface area contributed by atoms with Gasteiger partial charge in [0.25, 0.3) is 7.82 Å².